The van der Waals surface area contributed by atoms with E-state index in [0.29, 0.717) is 18.6 Å². The third-order valence-corrected chi connectivity index (χ3v) is 5.12. The standard InChI is InChI=1S/C19H29N3O2.2ClH/c1-14-12-22(6-7-24-14)13-17-5-3-4-16(8-17)9-21-19(23)15(2)18-10-20-11-18;;/h3-5,8,14-15,18,20H,6-7,9-13H2,1-2H3,(H,21,23);2*1H. The molecule has 0 aliphatic carbocycles. The molecule has 2 heterocycles. The molecule has 1 amide bonds. The maximum Gasteiger partial charge on any atom is 0.223 e. The second kappa shape index (κ2) is 11.1. The highest BCUT2D eigenvalue weighted by molar-refractivity contribution is 5.85. The normalized spacial score (nSPS) is 21.7. The fourth-order valence-corrected chi connectivity index (χ4v) is 3.36. The Hall–Kier alpha value is -0.850. The summed E-state index contributed by atoms with van der Waals surface area (Å²) in [5.41, 5.74) is 2.47. The molecule has 148 valence electrons. The number of amides is 1. The van der Waals surface area contributed by atoms with Crippen molar-refractivity contribution in [3.8, 4) is 0 Å². The van der Waals surface area contributed by atoms with Crippen molar-refractivity contribution in [2.45, 2.75) is 33.0 Å². The van der Waals surface area contributed by atoms with Crippen LogP contribution in [0.5, 0.6) is 0 Å². The molecule has 2 saturated heterocycles. The topological polar surface area (TPSA) is 53.6 Å². The highest BCUT2D eigenvalue weighted by atomic mass is 35.5. The van der Waals surface area contributed by atoms with Crippen molar-refractivity contribution in [1.82, 2.24) is 15.5 Å². The van der Waals surface area contributed by atoms with Gasteiger partial charge in [-0.1, -0.05) is 31.2 Å². The van der Waals surface area contributed by atoms with Crippen molar-refractivity contribution in [3.05, 3.63) is 35.4 Å². The number of nitrogens with zero attached hydrogens (tertiary/aromatic N) is 1. The molecule has 2 aliphatic heterocycles. The van der Waals surface area contributed by atoms with E-state index < -0.39 is 0 Å². The minimum absolute atomic E-state index is 0. The molecule has 2 N–H and O–H groups in total. The summed E-state index contributed by atoms with van der Waals surface area (Å²) >= 11 is 0. The Morgan fingerprint density at radius 3 is 2.73 bits per heavy atom. The van der Waals surface area contributed by atoms with E-state index in [1.54, 1.807) is 0 Å². The molecule has 2 aliphatic rings. The first-order valence-corrected chi connectivity index (χ1v) is 9.02. The van der Waals surface area contributed by atoms with Crippen LogP contribution >= 0.6 is 24.8 Å². The molecule has 0 saturated carbocycles. The number of hydrogen-bond donors (Lipinski definition) is 2. The molecule has 3 rings (SSSR count). The SMILES string of the molecule is CC1CN(Cc2cccc(CNC(=O)C(C)C3CNC3)c2)CCO1.Cl.Cl. The second-order valence-corrected chi connectivity index (χ2v) is 7.16. The molecule has 26 heavy (non-hydrogen) atoms. The molecule has 0 spiro atoms. The van der Waals surface area contributed by atoms with Gasteiger partial charge in [-0.05, 0) is 37.1 Å². The summed E-state index contributed by atoms with van der Waals surface area (Å²) in [6.07, 6.45) is 0.309. The fourth-order valence-electron chi connectivity index (χ4n) is 3.36. The van der Waals surface area contributed by atoms with Crippen LogP contribution in [0.15, 0.2) is 24.3 Å². The number of ether oxygens (including phenoxy) is 1. The first-order chi connectivity index (χ1) is 11.6. The van der Waals surface area contributed by atoms with Crippen LogP contribution in [-0.4, -0.2) is 49.7 Å². The smallest absolute Gasteiger partial charge is 0.223 e. The van der Waals surface area contributed by atoms with Crippen LogP contribution in [0.2, 0.25) is 0 Å². The summed E-state index contributed by atoms with van der Waals surface area (Å²) in [5, 5.41) is 6.31. The van der Waals surface area contributed by atoms with Gasteiger partial charge < -0.3 is 15.4 Å². The quantitative estimate of drug-likeness (QED) is 0.764. The zero-order chi connectivity index (χ0) is 16.9. The van der Waals surface area contributed by atoms with Crippen molar-refractivity contribution >= 4 is 30.7 Å². The lowest BCUT2D eigenvalue weighted by Crippen LogP contribution is -2.49. The van der Waals surface area contributed by atoms with Gasteiger partial charge in [-0.3, -0.25) is 9.69 Å². The highest BCUT2D eigenvalue weighted by Gasteiger charge is 2.28. The van der Waals surface area contributed by atoms with Crippen LogP contribution in [0.3, 0.4) is 0 Å². The molecule has 0 radical (unpaired) electrons. The lowest BCUT2D eigenvalue weighted by molar-refractivity contribution is -0.126. The van der Waals surface area contributed by atoms with E-state index >= 15 is 0 Å². The Labute approximate surface area is 169 Å². The van der Waals surface area contributed by atoms with Gasteiger partial charge in [0.05, 0.1) is 12.7 Å². The molecule has 2 fully saturated rings. The van der Waals surface area contributed by atoms with E-state index in [2.05, 4.69) is 46.7 Å². The van der Waals surface area contributed by atoms with Gasteiger partial charge in [-0.2, -0.15) is 0 Å². The van der Waals surface area contributed by atoms with E-state index in [9.17, 15) is 4.79 Å². The number of morpholine rings is 1. The van der Waals surface area contributed by atoms with E-state index in [4.69, 9.17) is 4.74 Å². The van der Waals surface area contributed by atoms with Crippen LogP contribution in [0.4, 0.5) is 0 Å². The first-order valence-electron chi connectivity index (χ1n) is 9.02. The number of nitrogens with one attached hydrogen (secondary N) is 2. The second-order valence-electron chi connectivity index (χ2n) is 7.16. The maximum atomic E-state index is 12.2. The summed E-state index contributed by atoms with van der Waals surface area (Å²) in [4.78, 5) is 14.7. The van der Waals surface area contributed by atoms with Crippen molar-refractivity contribution in [2.24, 2.45) is 11.8 Å². The number of benzene rings is 1. The number of carbonyl (C=O) groups excluding carboxylic acids is 1. The van der Waals surface area contributed by atoms with E-state index in [0.717, 1.165) is 39.3 Å². The Morgan fingerprint density at radius 2 is 2.08 bits per heavy atom. The van der Waals surface area contributed by atoms with E-state index in [1.165, 1.54) is 11.1 Å². The summed E-state index contributed by atoms with van der Waals surface area (Å²) in [6.45, 7) is 10.4. The largest absolute Gasteiger partial charge is 0.376 e. The Kier molecular flexibility index (Phi) is 9.90. The molecule has 0 bridgehead atoms. The van der Waals surface area contributed by atoms with E-state index in [-0.39, 0.29) is 36.6 Å². The summed E-state index contributed by atoms with van der Waals surface area (Å²) in [7, 11) is 0. The van der Waals surface area contributed by atoms with Gasteiger partial charge in [-0.15, -0.1) is 24.8 Å². The molecule has 7 heteroatoms. The Balaban J connectivity index is 0.00000169. The van der Waals surface area contributed by atoms with Gasteiger partial charge >= 0.3 is 0 Å². The predicted molar refractivity (Wildman–Crippen MR) is 109 cm³/mol. The lowest BCUT2D eigenvalue weighted by Gasteiger charge is -2.31. The minimum Gasteiger partial charge on any atom is -0.376 e. The van der Waals surface area contributed by atoms with Crippen molar-refractivity contribution < 1.29 is 9.53 Å². The van der Waals surface area contributed by atoms with Gasteiger partial charge in [0.1, 0.15) is 0 Å². The summed E-state index contributed by atoms with van der Waals surface area (Å²) in [5.74, 6) is 0.734. The Bertz CT molecular complexity index is 569. The molecule has 1 aromatic carbocycles. The van der Waals surface area contributed by atoms with Crippen LogP contribution in [0, 0.1) is 11.8 Å². The third kappa shape index (κ3) is 6.39. The predicted octanol–water partition coefficient (Wildman–Crippen LogP) is 2.22. The van der Waals surface area contributed by atoms with Gasteiger partial charge in [0, 0.05) is 32.1 Å². The van der Waals surface area contributed by atoms with Gasteiger partial charge in [0.15, 0.2) is 0 Å². The van der Waals surface area contributed by atoms with Crippen molar-refractivity contribution in [2.75, 3.05) is 32.8 Å². The lowest BCUT2D eigenvalue weighted by atomic mass is 9.88. The number of hydrogen-bond acceptors (Lipinski definition) is 4. The number of carbonyl (C=O) groups is 1. The van der Waals surface area contributed by atoms with Crippen LogP contribution in [-0.2, 0) is 22.6 Å². The average molecular weight is 404 g/mol. The molecular weight excluding hydrogens is 373 g/mol. The Morgan fingerprint density at radius 1 is 1.35 bits per heavy atom. The van der Waals surface area contributed by atoms with Gasteiger partial charge in [0.25, 0.3) is 0 Å². The fraction of sp³-hybridized carbons (Fsp3) is 0.632. The number of halogens is 2. The van der Waals surface area contributed by atoms with Crippen molar-refractivity contribution in [1.29, 1.82) is 0 Å². The molecule has 1 aromatic rings. The number of rotatable bonds is 6. The first kappa shape index (κ1) is 23.2. The molecule has 2 unspecified atom stereocenters. The maximum absolute atomic E-state index is 12.2. The highest BCUT2D eigenvalue weighted by Crippen LogP contribution is 2.16. The minimum atomic E-state index is 0. The molecule has 2 atom stereocenters. The van der Waals surface area contributed by atoms with Crippen LogP contribution in [0.25, 0.3) is 0 Å². The van der Waals surface area contributed by atoms with Crippen LogP contribution < -0.4 is 10.6 Å². The summed E-state index contributed by atoms with van der Waals surface area (Å²) in [6, 6.07) is 8.53. The monoisotopic (exact) mass is 403 g/mol. The molecule has 0 aromatic heterocycles. The third-order valence-electron chi connectivity index (χ3n) is 5.12. The van der Waals surface area contributed by atoms with Crippen LogP contribution in [0.1, 0.15) is 25.0 Å². The zero-order valence-corrected chi connectivity index (χ0v) is 17.2. The average Bonchev–Trinajstić information content (AvgIpc) is 2.51. The van der Waals surface area contributed by atoms with Gasteiger partial charge in [-0.25, -0.2) is 0 Å². The van der Waals surface area contributed by atoms with Gasteiger partial charge in [0.2, 0.25) is 5.91 Å². The molecule has 5 nitrogen and oxygen atoms in total. The van der Waals surface area contributed by atoms with Crippen molar-refractivity contribution in [3.63, 3.8) is 0 Å². The zero-order valence-electron chi connectivity index (χ0n) is 15.6. The summed E-state index contributed by atoms with van der Waals surface area (Å²) < 4.78 is 5.60. The molecular formula is C19H31Cl2N3O2. The van der Waals surface area contributed by atoms with E-state index in [1.807, 2.05) is 6.92 Å².